The number of rotatable bonds is 2. The van der Waals surface area contributed by atoms with Gasteiger partial charge in [-0.1, -0.05) is 0 Å². The minimum Gasteiger partial charge on any atom is -0.300 e. The fourth-order valence-electron chi connectivity index (χ4n) is 1.79. The first-order valence-electron chi connectivity index (χ1n) is 4.55. The topological polar surface area (TPSA) is 17.1 Å². The van der Waals surface area contributed by atoms with Gasteiger partial charge in [-0.2, -0.15) is 0 Å². The van der Waals surface area contributed by atoms with Crippen molar-refractivity contribution in [3.05, 3.63) is 35.4 Å². The van der Waals surface area contributed by atoms with Gasteiger partial charge in [0.15, 0.2) is 0 Å². The summed E-state index contributed by atoms with van der Waals surface area (Å²) in [5.41, 5.74) is 0.338. The molecule has 0 radical (unpaired) electrons. The zero-order chi connectivity index (χ0) is 10.3. The second-order valence-corrected chi connectivity index (χ2v) is 3.73. The fraction of sp³-hybridized carbons (Fsp3) is 0.364. The van der Waals surface area contributed by atoms with Crippen LogP contribution in [0, 0.1) is 17.6 Å². The number of hydrogen-bond acceptors (Lipinski definition) is 1. The first-order valence-corrected chi connectivity index (χ1v) is 4.55. The van der Waals surface area contributed by atoms with Crippen molar-refractivity contribution in [2.75, 3.05) is 0 Å². The fourth-order valence-corrected chi connectivity index (χ4v) is 1.79. The van der Waals surface area contributed by atoms with E-state index in [0.717, 1.165) is 12.1 Å². The van der Waals surface area contributed by atoms with Gasteiger partial charge in [-0.15, -0.1) is 0 Å². The zero-order valence-electron chi connectivity index (χ0n) is 7.76. The van der Waals surface area contributed by atoms with Crippen LogP contribution < -0.4 is 0 Å². The lowest BCUT2D eigenvalue weighted by Gasteiger charge is -2.00. The average molecular weight is 196 g/mol. The van der Waals surface area contributed by atoms with E-state index < -0.39 is 11.6 Å². The third kappa shape index (κ3) is 1.54. The minimum atomic E-state index is -0.449. The van der Waals surface area contributed by atoms with Crippen molar-refractivity contribution in [2.45, 2.75) is 19.3 Å². The number of benzene rings is 1. The van der Waals surface area contributed by atoms with Gasteiger partial charge >= 0.3 is 0 Å². The molecule has 3 heteroatoms. The largest absolute Gasteiger partial charge is 0.300 e. The Bertz CT molecular complexity index is 387. The van der Waals surface area contributed by atoms with Crippen LogP contribution in [0.25, 0.3) is 0 Å². The van der Waals surface area contributed by atoms with E-state index in [-0.39, 0.29) is 17.6 Å². The monoisotopic (exact) mass is 196 g/mol. The van der Waals surface area contributed by atoms with Crippen LogP contribution in [0.15, 0.2) is 18.2 Å². The van der Waals surface area contributed by atoms with Crippen LogP contribution in [0.2, 0.25) is 0 Å². The van der Waals surface area contributed by atoms with E-state index in [2.05, 4.69) is 0 Å². The van der Waals surface area contributed by atoms with Gasteiger partial charge in [-0.25, -0.2) is 8.78 Å². The number of hydrogen-bond donors (Lipinski definition) is 0. The molecule has 0 saturated heterocycles. The Hall–Kier alpha value is -1.25. The van der Waals surface area contributed by atoms with Gasteiger partial charge in [0.25, 0.3) is 0 Å². The molecule has 14 heavy (non-hydrogen) atoms. The highest BCUT2D eigenvalue weighted by Crippen LogP contribution is 2.48. The minimum absolute atomic E-state index is 0.0543. The number of ketones is 1. The standard InChI is InChI=1S/C11H10F2O/c1-6(14)8-5-9(8)10-4-7(12)2-3-11(10)13/h2-4,8-9H,5H2,1H3/t8-,9+/m1/s1. The van der Waals surface area contributed by atoms with Gasteiger partial charge in [0.05, 0.1) is 0 Å². The molecule has 0 unspecified atom stereocenters. The Balaban J connectivity index is 2.26. The molecule has 2 rings (SSSR count). The van der Waals surface area contributed by atoms with E-state index in [4.69, 9.17) is 0 Å². The normalized spacial score (nSPS) is 24.8. The van der Waals surface area contributed by atoms with Crippen molar-refractivity contribution in [1.29, 1.82) is 0 Å². The molecule has 0 spiro atoms. The summed E-state index contributed by atoms with van der Waals surface area (Å²) in [5, 5.41) is 0. The van der Waals surface area contributed by atoms with Crippen LogP contribution in [-0.4, -0.2) is 5.78 Å². The highest BCUT2D eigenvalue weighted by Gasteiger charge is 2.43. The third-order valence-electron chi connectivity index (χ3n) is 2.67. The molecule has 74 valence electrons. The first-order chi connectivity index (χ1) is 6.59. The summed E-state index contributed by atoms with van der Waals surface area (Å²) in [4.78, 5) is 11.0. The van der Waals surface area contributed by atoms with Crippen molar-refractivity contribution in [1.82, 2.24) is 0 Å². The van der Waals surface area contributed by atoms with Crippen LogP contribution in [0.3, 0.4) is 0 Å². The Morgan fingerprint density at radius 2 is 2.14 bits per heavy atom. The van der Waals surface area contributed by atoms with E-state index in [0.29, 0.717) is 12.0 Å². The average Bonchev–Trinajstić information content (AvgIpc) is 2.88. The van der Waals surface area contributed by atoms with Gasteiger partial charge in [0.1, 0.15) is 17.4 Å². The van der Waals surface area contributed by atoms with Crippen molar-refractivity contribution in [3.8, 4) is 0 Å². The second-order valence-electron chi connectivity index (χ2n) is 3.73. The van der Waals surface area contributed by atoms with Crippen molar-refractivity contribution in [2.24, 2.45) is 5.92 Å². The third-order valence-corrected chi connectivity index (χ3v) is 2.67. The molecule has 0 bridgehead atoms. The summed E-state index contributed by atoms with van der Waals surface area (Å²) in [6, 6.07) is 3.38. The summed E-state index contributed by atoms with van der Waals surface area (Å²) in [5.74, 6) is -1.02. The van der Waals surface area contributed by atoms with Crippen LogP contribution in [0.5, 0.6) is 0 Å². The lowest BCUT2D eigenvalue weighted by Crippen LogP contribution is -1.97. The summed E-state index contributed by atoms with van der Waals surface area (Å²) in [6.45, 7) is 1.49. The van der Waals surface area contributed by atoms with E-state index in [1.165, 1.54) is 13.0 Å². The lowest BCUT2D eigenvalue weighted by molar-refractivity contribution is -0.118. The highest BCUT2D eigenvalue weighted by atomic mass is 19.1. The summed E-state index contributed by atoms with van der Waals surface area (Å²) in [6.07, 6.45) is 0.649. The smallest absolute Gasteiger partial charge is 0.133 e. The molecule has 0 heterocycles. The first kappa shape index (κ1) is 9.31. The lowest BCUT2D eigenvalue weighted by atomic mass is 10.1. The van der Waals surface area contributed by atoms with Gasteiger partial charge < -0.3 is 0 Å². The Labute approximate surface area is 80.7 Å². The predicted octanol–water partition coefficient (Wildman–Crippen LogP) is 2.66. The molecule has 0 aromatic heterocycles. The van der Waals surface area contributed by atoms with E-state index in [1.54, 1.807) is 0 Å². The molecule has 1 aromatic carbocycles. The number of carbonyl (C=O) groups excluding carboxylic acids is 1. The molecule has 0 aliphatic heterocycles. The molecular formula is C11H10F2O. The molecule has 1 nitrogen and oxygen atoms in total. The summed E-state index contributed by atoms with van der Waals surface area (Å²) >= 11 is 0. The molecule has 2 atom stereocenters. The molecule has 1 aliphatic rings. The van der Waals surface area contributed by atoms with Gasteiger partial charge in [0, 0.05) is 5.92 Å². The zero-order valence-corrected chi connectivity index (χ0v) is 7.76. The van der Waals surface area contributed by atoms with E-state index in [9.17, 15) is 13.6 Å². The molecule has 1 saturated carbocycles. The Morgan fingerprint density at radius 3 is 2.71 bits per heavy atom. The Kier molecular flexibility index (Phi) is 2.10. The van der Waals surface area contributed by atoms with E-state index >= 15 is 0 Å². The van der Waals surface area contributed by atoms with Crippen LogP contribution in [0.4, 0.5) is 8.78 Å². The van der Waals surface area contributed by atoms with E-state index in [1.807, 2.05) is 0 Å². The van der Waals surface area contributed by atoms with Crippen LogP contribution in [-0.2, 0) is 4.79 Å². The van der Waals surface area contributed by atoms with Crippen molar-refractivity contribution >= 4 is 5.78 Å². The number of Topliss-reactive ketones (excluding diaryl/α,β-unsaturated/α-hetero) is 1. The van der Waals surface area contributed by atoms with Crippen molar-refractivity contribution < 1.29 is 13.6 Å². The highest BCUT2D eigenvalue weighted by molar-refractivity contribution is 5.82. The SMILES string of the molecule is CC(=O)[C@H]1C[C@@H]1c1cc(F)ccc1F. The molecule has 0 N–H and O–H groups in total. The van der Waals surface area contributed by atoms with Gasteiger partial charge in [-0.05, 0) is 43.0 Å². The van der Waals surface area contributed by atoms with Gasteiger partial charge in [-0.3, -0.25) is 4.79 Å². The predicted molar refractivity (Wildman–Crippen MR) is 47.9 cm³/mol. The second kappa shape index (κ2) is 3.15. The maximum atomic E-state index is 13.2. The van der Waals surface area contributed by atoms with Crippen LogP contribution >= 0.6 is 0 Å². The number of carbonyl (C=O) groups is 1. The molecule has 1 fully saturated rings. The maximum absolute atomic E-state index is 13.2. The van der Waals surface area contributed by atoms with Gasteiger partial charge in [0.2, 0.25) is 0 Å². The quantitative estimate of drug-likeness (QED) is 0.710. The summed E-state index contributed by atoms with van der Waals surface area (Å²) in [7, 11) is 0. The Morgan fingerprint density at radius 1 is 1.43 bits per heavy atom. The maximum Gasteiger partial charge on any atom is 0.133 e. The molecule has 1 aromatic rings. The molecule has 0 amide bonds. The number of halogens is 2. The molecular weight excluding hydrogens is 186 g/mol. The molecule has 1 aliphatic carbocycles. The summed E-state index contributed by atoms with van der Waals surface area (Å²) < 4.78 is 26.0. The van der Waals surface area contributed by atoms with Crippen LogP contribution in [0.1, 0.15) is 24.8 Å². The van der Waals surface area contributed by atoms with Crippen molar-refractivity contribution in [3.63, 3.8) is 0 Å².